The van der Waals surface area contributed by atoms with Crippen molar-refractivity contribution in [2.24, 2.45) is 22.0 Å². The minimum atomic E-state index is -0.412. The van der Waals surface area contributed by atoms with Crippen LogP contribution in [0.4, 0.5) is 29.1 Å². The molecule has 7 fully saturated rings. The van der Waals surface area contributed by atoms with Crippen LogP contribution in [-0.4, -0.2) is 147 Å². The summed E-state index contributed by atoms with van der Waals surface area (Å²) in [6.45, 7) is 10.4. The number of ether oxygens (including phenoxy) is 3. The summed E-state index contributed by atoms with van der Waals surface area (Å²) in [6.07, 6.45) is 23.6. The number of hydrogen-bond acceptors (Lipinski definition) is 20. The van der Waals surface area contributed by atoms with Crippen LogP contribution in [-0.2, 0) is 14.2 Å². The van der Waals surface area contributed by atoms with E-state index in [-0.39, 0.29) is 21.2 Å². The summed E-state index contributed by atoms with van der Waals surface area (Å²) in [6, 6.07) is 34.4. The van der Waals surface area contributed by atoms with E-state index in [1.807, 2.05) is 66.7 Å². The van der Waals surface area contributed by atoms with E-state index in [2.05, 4.69) is 95.3 Å². The van der Waals surface area contributed by atoms with Crippen LogP contribution in [0.2, 0.25) is 19.8 Å². The number of nitrogens with zero attached hydrogens (tertiary/aromatic N) is 9. The van der Waals surface area contributed by atoms with Crippen molar-refractivity contribution < 1.29 is 14.2 Å². The van der Waals surface area contributed by atoms with Gasteiger partial charge >= 0.3 is 220 Å². The standard InChI is InChI=1S/C26H33AsClN5O2.C26H35ClN6O.C21H25ClN6/c28-22-14-30-24(27-18-4-5-19(12-18)32-20-6-9-35-15-20)13-21(22)23-2-1-3-25(33-23)31-17-26(16-29)7-10-34-11-8-26;1-18(2)31-19-6-8-20(9-7-19)32-25-14-21(22(27)15-29-25)23-4-3-5-24(33-23)30-17-26(16-28)10-12-34-13-11-26;22-17-11-25-20(27-15-6-4-14(24)5-7-15)10-16(17)18-2-1-3-19(28-18)26-13-21(12-23)8-9-21/h1-3,13-14,18-20,27,32H,4-12,15,17H2,(H,31,33);3-5,14-15,18-20,31H,6-13,17H2,1-2H3,(H,29,32)(H,30,33);1-3,10-11,14-15H,4-9,13,24H2,(H,25,27)(H,26,28)/t18-,19-,20?;19-,20-;/m1../s1. The number of anilines is 5. The Bertz CT molecular complexity index is 3680. The number of hydrogen-bond donors (Lipinski definition) is 8. The summed E-state index contributed by atoms with van der Waals surface area (Å²) < 4.78 is 18.3. The molecular formula is C73H93AsCl3N17O3. The molecule has 4 aliphatic carbocycles. The summed E-state index contributed by atoms with van der Waals surface area (Å²) >= 11 is 19.1. The van der Waals surface area contributed by atoms with Crippen molar-refractivity contribution in [3.05, 3.63) is 106 Å². The van der Waals surface area contributed by atoms with Gasteiger partial charge < -0.3 is 37.1 Å². The molecule has 13 rings (SSSR count). The van der Waals surface area contributed by atoms with Crippen LogP contribution in [0.1, 0.15) is 129 Å². The zero-order valence-corrected chi connectivity index (χ0v) is 60.2. The van der Waals surface area contributed by atoms with Gasteiger partial charge in [-0.05, 0) is 113 Å². The molecule has 20 nitrogen and oxygen atoms in total. The fourth-order valence-corrected chi connectivity index (χ4v) is 17.4. The van der Waals surface area contributed by atoms with Gasteiger partial charge in [0.25, 0.3) is 0 Å². The van der Waals surface area contributed by atoms with Crippen molar-refractivity contribution in [1.29, 1.82) is 15.8 Å². The first kappa shape index (κ1) is 71.8. The molecule has 9 heterocycles. The van der Waals surface area contributed by atoms with E-state index in [0.29, 0.717) is 103 Å². The molecule has 9 N–H and O–H groups in total. The fourth-order valence-electron chi connectivity index (χ4n) is 13.7. The van der Waals surface area contributed by atoms with Gasteiger partial charge in [-0.2, -0.15) is 10.5 Å². The van der Waals surface area contributed by atoms with Gasteiger partial charge in [0, 0.05) is 80.0 Å². The Morgan fingerprint density at radius 3 is 1.38 bits per heavy atom. The summed E-state index contributed by atoms with van der Waals surface area (Å²) in [4.78, 5) is 27.9. The molecule has 514 valence electrons. The van der Waals surface area contributed by atoms with Crippen LogP contribution in [0, 0.1) is 50.2 Å². The number of rotatable bonds is 22. The molecule has 3 aliphatic heterocycles. The van der Waals surface area contributed by atoms with Crippen LogP contribution < -0.4 is 47.4 Å². The van der Waals surface area contributed by atoms with Crippen molar-refractivity contribution in [3.8, 4) is 52.0 Å². The van der Waals surface area contributed by atoms with Crippen molar-refractivity contribution >= 4 is 84.1 Å². The first-order valence-electron chi connectivity index (χ1n) is 34.8. The molecule has 0 aromatic carbocycles. The second-order valence-corrected chi connectivity index (χ2v) is 32.3. The average Bonchev–Trinajstić information content (AvgIpc) is 1.81. The maximum absolute atomic E-state index is 9.73. The SMILES string of the molecule is CC(C)N[C@H]1CC[C@H](Nc2cc(-c3cccc(NCC4(C#N)CCOCC4)n3)c(Cl)cn2)CC1.N#CC1(CNc2cccc(-c3cc(NC4CCC(N)CC4)ncc3Cl)n2)CC1.N#CC1(CNc2cccc(-c3cc([AsH][C@@H]4CC[C@@H](NC5CCOC5)C4)ncc3Cl)n2)CCOCC1. The van der Waals surface area contributed by atoms with Crippen molar-refractivity contribution in [2.75, 3.05) is 85.9 Å². The van der Waals surface area contributed by atoms with E-state index in [1.165, 1.54) is 36.6 Å². The number of aromatic nitrogens is 6. The molecule has 0 spiro atoms. The van der Waals surface area contributed by atoms with Gasteiger partial charge in [-0.3, -0.25) is 0 Å². The van der Waals surface area contributed by atoms with Crippen LogP contribution in [0.3, 0.4) is 0 Å². The molecule has 6 aromatic rings. The van der Waals surface area contributed by atoms with E-state index in [9.17, 15) is 15.8 Å². The Hall–Kier alpha value is -6.44. The average molecular weight is 1440 g/mol. The van der Waals surface area contributed by atoms with Gasteiger partial charge in [0.1, 0.15) is 23.3 Å². The van der Waals surface area contributed by atoms with Crippen LogP contribution in [0.25, 0.3) is 33.8 Å². The monoisotopic (exact) mass is 1440 g/mol. The van der Waals surface area contributed by atoms with Crippen molar-refractivity contribution in [2.45, 2.75) is 176 Å². The second-order valence-electron chi connectivity index (χ2n) is 27.7. The van der Waals surface area contributed by atoms with Crippen LogP contribution >= 0.6 is 34.8 Å². The van der Waals surface area contributed by atoms with Gasteiger partial charge in [-0.1, -0.05) is 49.2 Å². The molecule has 7 aliphatic rings. The van der Waals surface area contributed by atoms with E-state index in [1.54, 1.807) is 18.6 Å². The van der Waals surface area contributed by atoms with Gasteiger partial charge in [-0.15, -0.1) is 0 Å². The minimum absolute atomic E-state index is 0.217. The third-order valence-electron chi connectivity index (χ3n) is 19.9. The summed E-state index contributed by atoms with van der Waals surface area (Å²) in [5, 5.41) is 55.0. The Labute approximate surface area is 593 Å². The van der Waals surface area contributed by atoms with Crippen molar-refractivity contribution in [3.63, 3.8) is 0 Å². The van der Waals surface area contributed by atoms with E-state index >= 15 is 0 Å². The number of halogens is 3. The van der Waals surface area contributed by atoms with Gasteiger partial charge in [0.05, 0.1) is 44.4 Å². The molecule has 24 heteroatoms. The Morgan fingerprint density at radius 2 is 0.938 bits per heavy atom. The topological polar surface area (TPSA) is 287 Å². The summed E-state index contributed by atoms with van der Waals surface area (Å²) in [7, 11) is 0. The fraction of sp³-hybridized carbons (Fsp3) is 0.548. The predicted molar refractivity (Wildman–Crippen MR) is 389 cm³/mol. The van der Waals surface area contributed by atoms with Crippen LogP contribution in [0.5, 0.6) is 0 Å². The normalized spacial score (nSPS) is 23.9. The van der Waals surface area contributed by atoms with E-state index in [0.717, 1.165) is 164 Å². The quantitative estimate of drug-likeness (QED) is 0.0293. The number of nitrogens with two attached hydrogens (primary N) is 1. The Balaban J connectivity index is 0.000000149. The third-order valence-corrected chi connectivity index (χ3v) is 23.9. The number of nitrogens with one attached hydrogen (secondary N) is 7. The summed E-state index contributed by atoms with van der Waals surface area (Å²) in [5.74, 6) is 3.88. The molecule has 0 bridgehead atoms. The number of nitriles is 3. The van der Waals surface area contributed by atoms with Crippen molar-refractivity contribution in [1.82, 2.24) is 40.5 Å². The number of pyridine rings is 6. The third kappa shape index (κ3) is 20.6. The molecule has 2 unspecified atom stereocenters. The molecule has 4 saturated carbocycles. The maximum atomic E-state index is 9.73. The molecule has 0 amide bonds. The molecule has 0 radical (unpaired) electrons. The first-order chi connectivity index (χ1) is 47.1. The first-order valence-corrected chi connectivity index (χ1v) is 38.2. The molecule has 3 saturated heterocycles. The molecule has 6 aromatic heterocycles. The Morgan fingerprint density at radius 1 is 0.505 bits per heavy atom. The summed E-state index contributed by atoms with van der Waals surface area (Å²) in [5.41, 5.74) is 9.99. The zero-order chi connectivity index (χ0) is 67.6. The zero-order valence-electron chi connectivity index (χ0n) is 55.8. The Kier molecular flexibility index (Phi) is 25.6. The molecule has 4 atom stereocenters. The van der Waals surface area contributed by atoms with Gasteiger partial charge in [0.2, 0.25) is 0 Å². The van der Waals surface area contributed by atoms with Gasteiger partial charge in [-0.25, -0.2) is 19.9 Å². The molecule has 97 heavy (non-hydrogen) atoms. The second kappa shape index (κ2) is 34.6. The molecular weight excluding hydrogens is 1340 g/mol. The predicted octanol–water partition coefficient (Wildman–Crippen LogP) is 12.8. The van der Waals surface area contributed by atoms with E-state index in [4.69, 9.17) is 64.7 Å². The van der Waals surface area contributed by atoms with E-state index < -0.39 is 10.8 Å². The van der Waals surface area contributed by atoms with Crippen LogP contribution in [0.15, 0.2) is 91.4 Å². The van der Waals surface area contributed by atoms with Gasteiger partial charge in [0.15, 0.2) is 0 Å².